The number of rotatable bonds is 10. The molecule has 0 radical (unpaired) electrons. The number of nitrogens with zero attached hydrogens (tertiary/aromatic N) is 3. The van der Waals surface area contributed by atoms with Gasteiger partial charge >= 0.3 is 0 Å². The van der Waals surface area contributed by atoms with E-state index in [-0.39, 0.29) is 35.6 Å². The van der Waals surface area contributed by atoms with Crippen LogP contribution >= 0.6 is 24.0 Å². The van der Waals surface area contributed by atoms with E-state index in [0.29, 0.717) is 13.1 Å². The molecule has 32 heavy (non-hydrogen) atoms. The molecule has 0 spiro atoms. The number of nitrogens with one attached hydrogen (secondary N) is 2. The molecule has 1 atom stereocenters. The van der Waals surface area contributed by atoms with Crippen molar-refractivity contribution in [2.45, 2.75) is 32.4 Å². The third kappa shape index (κ3) is 8.24. The summed E-state index contributed by atoms with van der Waals surface area (Å²) in [6, 6.07) is 6.22. The first-order valence-corrected chi connectivity index (χ1v) is 11.1. The van der Waals surface area contributed by atoms with E-state index >= 15 is 0 Å². The maximum absolute atomic E-state index is 5.50. The molecule has 0 aliphatic carbocycles. The van der Waals surface area contributed by atoms with Crippen molar-refractivity contribution in [3.8, 4) is 11.5 Å². The summed E-state index contributed by atoms with van der Waals surface area (Å²) in [5.74, 6) is 2.30. The molecule has 1 saturated heterocycles. The Balaban J connectivity index is 0.00000512. The van der Waals surface area contributed by atoms with E-state index in [4.69, 9.17) is 19.2 Å². The topological polar surface area (TPSA) is 70.6 Å². The summed E-state index contributed by atoms with van der Waals surface area (Å²) in [4.78, 5) is 9.54. The molecule has 1 heterocycles. The maximum atomic E-state index is 5.50. The number of hydrogen-bond acceptors (Lipinski definition) is 6. The first-order chi connectivity index (χ1) is 14.8. The van der Waals surface area contributed by atoms with Crippen LogP contribution in [0, 0.1) is 0 Å². The van der Waals surface area contributed by atoms with Crippen molar-refractivity contribution in [1.82, 2.24) is 20.4 Å². The molecule has 2 rings (SSSR count). The molecular formula is C23H42IN5O3. The van der Waals surface area contributed by atoms with E-state index in [1.807, 2.05) is 12.1 Å². The Morgan fingerprint density at radius 1 is 1.16 bits per heavy atom. The summed E-state index contributed by atoms with van der Waals surface area (Å²) in [7, 11) is 7.47. The van der Waals surface area contributed by atoms with Gasteiger partial charge in [-0.15, -0.1) is 24.0 Å². The summed E-state index contributed by atoms with van der Waals surface area (Å²) in [5, 5.41) is 6.90. The molecule has 1 aromatic carbocycles. The van der Waals surface area contributed by atoms with Gasteiger partial charge in [0.25, 0.3) is 0 Å². The largest absolute Gasteiger partial charge is 0.493 e. The van der Waals surface area contributed by atoms with Crippen LogP contribution in [0.25, 0.3) is 0 Å². The fourth-order valence-corrected chi connectivity index (χ4v) is 3.73. The van der Waals surface area contributed by atoms with Crippen molar-refractivity contribution in [3.63, 3.8) is 0 Å². The lowest BCUT2D eigenvalue weighted by molar-refractivity contribution is -0.00684. The minimum Gasteiger partial charge on any atom is -0.493 e. The van der Waals surface area contributed by atoms with Crippen molar-refractivity contribution < 1.29 is 14.2 Å². The minimum absolute atomic E-state index is 0. The predicted molar refractivity (Wildman–Crippen MR) is 142 cm³/mol. The zero-order valence-electron chi connectivity index (χ0n) is 20.7. The van der Waals surface area contributed by atoms with Gasteiger partial charge in [0.2, 0.25) is 0 Å². The number of likely N-dealkylation sites (N-methyl/N-ethyl adjacent to an activating group) is 1. The number of halogens is 1. The SMILES string of the molecule is CCNC(=NCC(C)(C)N1CCOCC1)NCC(c1ccc(OC)c(OC)c1)N(C)C.I. The summed E-state index contributed by atoms with van der Waals surface area (Å²) < 4.78 is 16.4. The summed E-state index contributed by atoms with van der Waals surface area (Å²) >= 11 is 0. The van der Waals surface area contributed by atoms with E-state index < -0.39 is 0 Å². The standard InChI is InChI=1S/C23H41N5O3.HI/c1-8-24-22(26-17-23(2,3)28-11-13-31-14-12-28)25-16-19(27(4)5)18-9-10-20(29-6)21(15-18)30-7;/h9-10,15,19H,8,11-14,16-17H2,1-7H3,(H2,24,25,26);1H. The normalized spacial score (nSPS) is 16.3. The number of methoxy groups -OCH3 is 2. The molecule has 1 unspecified atom stereocenters. The fraction of sp³-hybridized carbons (Fsp3) is 0.696. The third-order valence-electron chi connectivity index (χ3n) is 5.71. The second kappa shape index (κ2) is 14.1. The van der Waals surface area contributed by atoms with Crippen LogP contribution in [-0.2, 0) is 4.74 Å². The van der Waals surface area contributed by atoms with Crippen LogP contribution in [-0.4, -0.2) is 95.6 Å². The van der Waals surface area contributed by atoms with Gasteiger partial charge in [-0.05, 0) is 52.6 Å². The first-order valence-electron chi connectivity index (χ1n) is 11.1. The molecule has 0 aromatic heterocycles. The Kier molecular flexibility index (Phi) is 12.6. The maximum Gasteiger partial charge on any atom is 0.191 e. The van der Waals surface area contributed by atoms with Gasteiger partial charge in [-0.2, -0.15) is 0 Å². The van der Waals surface area contributed by atoms with Crippen LogP contribution in [0.2, 0.25) is 0 Å². The molecule has 1 aliphatic rings. The number of morpholine rings is 1. The molecule has 0 amide bonds. The Bertz CT molecular complexity index is 709. The van der Waals surface area contributed by atoms with E-state index in [9.17, 15) is 0 Å². The molecule has 0 bridgehead atoms. The summed E-state index contributed by atoms with van der Waals surface area (Å²) in [5.41, 5.74) is 1.14. The lowest BCUT2D eigenvalue weighted by Gasteiger charge is -2.40. The second-order valence-electron chi connectivity index (χ2n) is 8.58. The van der Waals surface area contributed by atoms with Gasteiger partial charge in [-0.3, -0.25) is 9.89 Å². The van der Waals surface area contributed by atoms with Gasteiger partial charge in [0.1, 0.15) is 0 Å². The van der Waals surface area contributed by atoms with Crippen LogP contribution in [0.15, 0.2) is 23.2 Å². The van der Waals surface area contributed by atoms with Crippen molar-refractivity contribution in [2.24, 2.45) is 4.99 Å². The van der Waals surface area contributed by atoms with Gasteiger partial charge in [0, 0.05) is 31.7 Å². The van der Waals surface area contributed by atoms with Crippen LogP contribution in [0.4, 0.5) is 0 Å². The molecule has 9 heteroatoms. The van der Waals surface area contributed by atoms with Gasteiger partial charge in [-0.25, -0.2) is 0 Å². The molecule has 2 N–H and O–H groups in total. The highest BCUT2D eigenvalue weighted by molar-refractivity contribution is 14.0. The van der Waals surface area contributed by atoms with Gasteiger partial charge in [0.05, 0.1) is 40.0 Å². The fourth-order valence-electron chi connectivity index (χ4n) is 3.73. The highest BCUT2D eigenvalue weighted by atomic mass is 127. The number of aliphatic imine (C=N–C) groups is 1. The minimum atomic E-state index is -0.0174. The zero-order chi connectivity index (χ0) is 22.9. The number of guanidine groups is 1. The van der Waals surface area contributed by atoms with Crippen molar-refractivity contribution in [1.29, 1.82) is 0 Å². The first kappa shape index (κ1) is 28.7. The number of hydrogen-bond donors (Lipinski definition) is 2. The Morgan fingerprint density at radius 3 is 2.38 bits per heavy atom. The Hall–Kier alpha value is -1.30. The van der Waals surface area contributed by atoms with Crippen molar-refractivity contribution in [2.75, 3.05) is 74.3 Å². The molecule has 0 saturated carbocycles. The quantitative estimate of drug-likeness (QED) is 0.258. The van der Waals surface area contributed by atoms with E-state index in [2.05, 4.69) is 61.4 Å². The Morgan fingerprint density at radius 2 is 1.81 bits per heavy atom. The van der Waals surface area contributed by atoms with Gasteiger partial charge < -0.3 is 29.7 Å². The van der Waals surface area contributed by atoms with E-state index in [1.165, 1.54) is 0 Å². The molecular weight excluding hydrogens is 521 g/mol. The van der Waals surface area contributed by atoms with Gasteiger partial charge in [0.15, 0.2) is 17.5 Å². The molecule has 1 aliphatic heterocycles. The van der Waals surface area contributed by atoms with Crippen LogP contribution in [0.3, 0.4) is 0 Å². The monoisotopic (exact) mass is 563 g/mol. The number of ether oxygens (including phenoxy) is 3. The molecule has 1 aromatic rings. The van der Waals surface area contributed by atoms with Crippen LogP contribution < -0.4 is 20.1 Å². The van der Waals surface area contributed by atoms with Crippen molar-refractivity contribution >= 4 is 29.9 Å². The van der Waals surface area contributed by atoms with Crippen LogP contribution in [0.5, 0.6) is 11.5 Å². The summed E-state index contributed by atoms with van der Waals surface area (Å²) in [6.07, 6.45) is 0. The lowest BCUT2D eigenvalue weighted by atomic mass is 10.0. The van der Waals surface area contributed by atoms with Gasteiger partial charge in [-0.1, -0.05) is 6.07 Å². The lowest BCUT2D eigenvalue weighted by Crippen LogP contribution is -2.52. The highest BCUT2D eigenvalue weighted by Gasteiger charge is 2.28. The molecule has 8 nitrogen and oxygen atoms in total. The van der Waals surface area contributed by atoms with Crippen molar-refractivity contribution in [3.05, 3.63) is 23.8 Å². The average Bonchev–Trinajstić information content (AvgIpc) is 2.77. The molecule has 184 valence electrons. The predicted octanol–water partition coefficient (Wildman–Crippen LogP) is 2.59. The number of benzene rings is 1. The summed E-state index contributed by atoms with van der Waals surface area (Å²) in [6.45, 7) is 12.3. The van der Waals surface area contributed by atoms with E-state index in [1.54, 1.807) is 14.2 Å². The average molecular weight is 564 g/mol. The zero-order valence-corrected chi connectivity index (χ0v) is 23.1. The second-order valence-corrected chi connectivity index (χ2v) is 8.58. The smallest absolute Gasteiger partial charge is 0.191 e. The van der Waals surface area contributed by atoms with Crippen LogP contribution in [0.1, 0.15) is 32.4 Å². The Labute approximate surface area is 211 Å². The molecule has 1 fully saturated rings. The highest BCUT2D eigenvalue weighted by Crippen LogP contribution is 2.31. The van der Waals surface area contributed by atoms with E-state index in [0.717, 1.165) is 55.9 Å². The third-order valence-corrected chi connectivity index (χ3v) is 5.71.